The van der Waals surface area contributed by atoms with Gasteiger partial charge in [-0.3, -0.25) is 4.79 Å². The van der Waals surface area contributed by atoms with Crippen LogP contribution in [-0.2, 0) is 7.05 Å². The molecule has 2 rings (SSSR count). The monoisotopic (exact) mass is 593 g/mol. The number of benzene rings is 1. The van der Waals surface area contributed by atoms with Crippen molar-refractivity contribution in [2.45, 2.75) is 0 Å². The van der Waals surface area contributed by atoms with Crippen LogP contribution in [0.3, 0.4) is 0 Å². The molecule has 0 fully saturated rings. The summed E-state index contributed by atoms with van der Waals surface area (Å²) in [6.07, 6.45) is 3.65. The van der Waals surface area contributed by atoms with Crippen LogP contribution in [0.2, 0.25) is 0 Å². The number of aromatic nitrogens is 1. The highest BCUT2D eigenvalue weighted by molar-refractivity contribution is 14.1. The van der Waals surface area contributed by atoms with E-state index < -0.39 is 0 Å². The van der Waals surface area contributed by atoms with Crippen LogP contribution in [0.5, 0.6) is 5.75 Å². The highest BCUT2D eigenvalue weighted by Crippen LogP contribution is 2.29. The van der Waals surface area contributed by atoms with Crippen LogP contribution in [0.1, 0.15) is 10.4 Å². The number of ether oxygens (including phenoxy) is 1. The lowest BCUT2D eigenvalue weighted by atomic mass is 10.2. The lowest BCUT2D eigenvalue weighted by Crippen LogP contribution is -2.12. The van der Waals surface area contributed by atoms with Gasteiger partial charge in [0.05, 0.1) is 7.14 Å². The zero-order valence-electron chi connectivity index (χ0n) is 9.99. The molecule has 6 heteroatoms. The molecular formula is C13H10I3NO2. The van der Waals surface area contributed by atoms with Crippen molar-refractivity contribution in [1.82, 2.24) is 4.57 Å². The Balaban J connectivity index is 2.09. The predicted molar refractivity (Wildman–Crippen MR) is 99.8 cm³/mol. The highest BCUT2D eigenvalue weighted by Gasteiger charge is 2.12. The van der Waals surface area contributed by atoms with Gasteiger partial charge in [-0.05, 0) is 86.0 Å². The van der Waals surface area contributed by atoms with Crippen molar-refractivity contribution in [2.24, 2.45) is 7.05 Å². The van der Waals surface area contributed by atoms with Crippen LogP contribution in [-0.4, -0.2) is 17.0 Å². The SMILES string of the molecule is Cn1ccc(C(=O)COc2c(I)cc(I)cc2I)c1. The Hall–Kier alpha value is 0.160. The number of halogens is 3. The fourth-order valence-electron chi connectivity index (χ4n) is 1.56. The normalized spacial score (nSPS) is 10.5. The van der Waals surface area contributed by atoms with Gasteiger partial charge in [-0.15, -0.1) is 0 Å². The van der Waals surface area contributed by atoms with Gasteiger partial charge >= 0.3 is 0 Å². The van der Waals surface area contributed by atoms with Crippen molar-refractivity contribution in [1.29, 1.82) is 0 Å². The summed E-state index contributed by atoms with van der Waals surface area (Å²) in [6, 6.07) is 5.87. The van der Waals surface area contributed by atoms with E-state index in [0.717, 1.165) is 16.5 Å². The Morgan fingerprint density at radius 3 is 2.42 bits per heavy atom. The first-order valence-corrected chi connectivity index (χ1v) is 8.63. The molecule has 1 heterocycles. The van der Waals surface area contributed by atoms with E-state index in [1.165, 1.54) is 0 Å². The third kappa shape index (κ3) is 4.06. The number of aryl methyl sites for hydroxylation is 1. The van der Waals surface area contributed by atoms with E-state index in [0.29, 0.717) is 5.56 Å². The highest BCUT2D eigenvalue weighted by atomic mass is 127. The van der Waals surface area contributed by atoms with Gasteiger partial charge in [0, 0.05) is 28.6 Å². The van der Waals surface area contributed by atoms with Gasteiger partial charge in [0.1, 0.15) is 5.75 Å². The molecular weight excluding hydrogens is 583 g/mol. The molecule has 19 heavy (non-hydrogen) atoms. The van der Waals surface area contributed by atoms with Crippen molar-refractivity contribution in [3.8, 4) is 5.75 Å². The number of nitrogens with zero attached hydrogens (tertiary/aromatic N) is 1. The summed E-state index contributed by atoms with van der Waals surface area (Å²) in [6.45, 7) is 0.0661. The smallest absolute Gasteiger partial charge is 0.201 e. The van der Waals surface area contributed by atoms with E-state index in [9.17, 15) is 4.79 Å². The van der Waals surface area contributed by atoms with Crippen LogP contribution in [0.4, 0.5) is 0 Å². The third-order valence-corrected chi connectivity index (χ3v) is 4.69. The fraction of sp³-hybridized carbons (Fsp3) is 0.154. The van der Waals surface area contributed by atoms with E-state index in [4.69, 9.17) is 4.74 Å². The molecule has 0 N–H and O–H groups in total. The lowest BCUT2D eigenvalue weighted by molar-refractivity contribution is 0.0920. The molecule has 0 aliphatic rings. The van der Waals surface area contributed by atoms with Crippen molar-refractivity contribution >= 4 is 73.6 Å². The molecule has 0 saturated carbocycles. The second-order valence-corrected chi connectivity index (χ2v) is 7.55. The standard InChI is InChI=1S/C13H10I3NO2/c1-17-3-2-8(6-17)12(18)7-19-13-10(15)4-9(14)5-11(13)16/h2-6H,7H2,1H3. The summed E-state index contributed by atoms with van der Waals surface area (Å²) in [5.41, 5.74) is 0.679. The van der Waals surface area contributed by atoms with Crippen LogP contribution >= 0.6 is 67.8 Å². The number of Topliss-reactive ketones (excluding diaryl/α,β-unsaturated/α-hetero) is 1. The molecule has 0 saturated heterocycles. The molecule has 0 aliphatic heterocycles. The van der Waals surface area contributed by atoms with Crippen molar-refractivity contribution in [2.75, 3.05) is 6.61 Å². The van der Waals surface area contributed by atoms with Gasteiger partial charge in [0.15, 0.2) is 6.61 Å². The Morgan fingerprint density at radius 1 is 1.26 bits per heavy atom. The minimum absolute atomic E-state index is 0.00856. The van der Waals surface area contributed by atoms with Crippen LogP contribution in [0.15, 0.2) is 30.6 Å². The van der Waals surface area contributed by atoms with Gasteiger partial charge in [0.2, 0.25) is 5.78 Å². The molecule has 1 aromatic heterocycles. The van der Waals surface area contributed by atoms with Crippen LogP contribution in [0.25, 0.3) is 0 Å². The third-order valence-electron chi connectivity index (χ3n) is 2.46. The summed E-state index contributed by atoms with van der Waals surface area (Å²) in [5, 5.41) is 0. The predicted octanol–water partition coefficient (Wildman–Crippen LogP) is 4.10. The van der Waals surface area contributed by atoms with Crippen molar-refractivity contribution < 1.29 is 9.53 Å². The second-order valence-electron chi connectivity index (χ2n) is 3.98. The Bertz CT molecular complexity index is 599. The van der Waals surface area contributed by atoms with Crippen molar-refractivity contribution in [3.63, 3.8) is 0 Å². The van der Waals surface area contributed by atoms with E-state index >= 15 is 0 Å². The average Bonchev–Trinajstić information content (AvgIpc) is 2.74. The minimum Gasteiger partial charge on any atom is -0.483 e. The van der Waals surface area contributed by atoms with E-state index in [1.807, 2.05) is 29.9 Å². The summed E-state index contributed by atoms with van der Waals surface area (Å²) in [5.74, 6) is 0.775. The molecule has 0 aliphatic carbocycles. The van der Waals surface area contributed by atoms with Crippen LogP contribution < -0.4 is 4.74 Å². The average molecular weight is 593 g/mol. The van der Waals surface area contributed by atoms with Gasteiger partial charge in [0.25, 0.3) is 0 Å². The number of hydrogen-bond acceptors (Lipinski definition) is 2. The molecule has 100 valence electrons. The first kappa shape index (κ1) is 15.5. The Morgan fingerprint density at radius 2 is 1.89 bits per heavy atom. The minimum atomic E-state index is -0.00856. The molecule has 0 radical (unpaired) electrons. The molecule has 0 atom stereocenters. The molecule has 1 aromatic carbocycles. The topological polar surface area (TPSA) is 31.2 Å². The first-order chi connectivity index (χ1) is 8.97. The zero-order valence-corrected chi connectivity index (χ0v) is 16.5. The van der Waals surface area contributed by atoms with Crippen molar-refractivity contribution in [3.05, 3.63) is 46.9 Å². The summed E-state index contributed by atoms with van der Waals surface area (Å²) < 4.78 is 10.7. The number of hydrogen-bond donors (Lipinski definition) is 0. The lowest BCUT2D eigenvalue weighted by Gasteiger charge is -2.10. The van der Waals surface area contributed by atoms with Gasteiger partial charge in [-0.25, -0.2) is 0 Å². The molecule has 3 nitrogen and oxygen atoms in total. The maximum atomic E-state index is 12.0. The first-order valence-electron chi connectivity index (χ1n) is 5.40. The van der Waals surface area contributed by atoms with E-state index in [-0.39, 0.29) is 12.4 Å². The quantitative estimate of drug-likeness (QED) is 0.396. The molecule has 0 bridgehead atoms. The summed E-state index contributed by atoms with van der Waals surface area (Å²) in [4.78, 5) is 12.0. The maximum Gasteiger partial charge on any atom is 0.201 e. The van der Waals surface area contributed by atoms with Crippen LogP contribution in [0, 0.1) is 10.7 Å². The largest absolute Gasteiger partial charge is 0.483 e. The number of carbonyl (C=O) groups excluding carboxylic acids is 1. The van der Waals surface area contributed by atoms with E-state index in [2.05, 4.69) is 67.8 Å². The maximum absolute atomic E-state index is 12.0. The van der Waals surface area contributed by atoms with Gasteiger partial charge in [-0.2, -0.15) is 0 Å². The molecule has 2 aromatic rings. The fourth-order valence-corrected chi connectivity index (χ4v) is 5.45. The Kier molecular flexibility index (Phi) is 5.52. The summed E-state index contributed by atoms with van der Waals surface area (Å²) >= 11 is 6.72. The second kappa shape index (κ2) is 6.74. The summed E-state index contributed by atoms with van der Waals surface area (Å²) in [7, 11) is 1.89. The van der Waals surface area contributed by atoms with E-state index in [1.54, 1.807) is 12.3 Å². The number of rotatable bonds is 4. The Labute approximate surface area is 152 Å². The van der Waals surface area contributed by atoms with Gasteiger partial charge < -0.3 is 9.30 Å². The molecule has 0 unspecified atom stereocenters. The molecule has 0 spiro atoms. The molecule has 0 amide bonds. The van der Waals surface area contributed by atoms with Gasteiger partial charge in [-0.1, -0.05) is 0 Å². The number of ketones is 1. The zero-order chi connectivity index (χ0) is 14.0. The number of carbonyl (C=O) groups is 1.